The van der Waals surface area contributed by atoms with Crippen LogP contribution in [0.15, 0.2) is 43.0 Å². The van der Waals surface area contributed by atoms with Crippen molar-refractivity contribution in [3.8, 4) is 0 Å². The molecule has 4 aromatic heterocycles. The number of fused-ring (bicyclic) bond motifs is 1. The molecule has 0 unspecified atom stereocenters. The van der Waals surface area contributed by atoms with E-state index < -0.39 is 0 Å². The third-order valence-electron chi connectivity index (χ3n) is 4.31. The SMILES string of the molecule is CC(C)c1cc(Nc2cnc3cnn([C@H](C)c4cccnc4)c3n2)n[nH]1. The maximum Gasteiger partial charge on any atom is 0.179 e. The van der Waals surface area contributed by atoms with Crippen molar-refractivity contribution < 1.29 is 0 Å². The van der Waals surface area contributed by atoms with E-state index in [4.69, 9.17) is 0 Å². The second-order valence-electron chi connectivity index (χ2n) is 6.50. The van der Waals surface area contributed by atoms with E-state index in [0.29, 0.717) is 23.2 Å². The molecule has 26 heavy (non-hydrogen) atoms. The predicted molar refractivity (Wildman–Crippen MR) is 99.3 cm³/mol. The molecule has 0 aliphatic rings. The lowest BCUT2D eigenvalue weighted by Crippen LogP contribution is -2.10. The Balaban J connectivity index is 1.66. The summed E-state index contributed by atoms with van der Waals surface area (Å²) >= 11 is 0. The van der Waals surface area contributed by atoms with Gasteiger partial charge in [-0.15, -0.1) is 0 Å². The van der Waals surface area contributed by atoms with Gasteiger partial charge in [-0.2, -0.15) is 10.2 Å². The van der Waals surface area contributed by atoms with Gasteiger partial charge in [0.15, 0.2) is 17.3 Å². The number of aromatic amines is 1. The minimum Gasteiger partial charge on any atom is -0.322 e. The highest BCUT2D eigenvalue weighted by molar-refractivity contribution is 5.72. The largest absolute Gasteiger partial charge is 0.322 e. The molecule has 4 rings (SSSR count). The molecule has 0 aliphatic heterocycles. The molecule has 0 bridgehead atoms. The lowest BCUT2D eigenvalue weighted by molar-refractivity contribution is 0.577. The van der Waals surface area contributed by atoms with Gasteiger partial charge in [0.1, 0.15) is 5.52 Å². The summed E-state index contributed by atoms with van der Waals surface area (Å²) in [6.45, 7) is 6.29. The first kappa shape index (κ1) is 16.2. The molecule has 0 aliphatic carbocycles. The first-order valence-electron chi connectivity index (χ1n) is 8.54. The Labute approximate surface area is 150 Å². The third kappa shape index (κ3) is 3.01. The number of rotatable bonds is 5. The average molecular weight is 348 g/mol. The minimum atomic E-state index is 0.00340. The van der Waals surface area contributed by atoms with E-state index in [-0.39, 0.29) is 6.04 Å². The van der Waals surface area contributed by atoms with Crippen LogP contribution in [0.1, 0.15) is 44.0 Å². The van der Waals surface area contributed by atoms with Gasteiger partial charge in [-0.3, -0.25) is 10.1 Å². The van der Waals surface area contributed by atoms with Crippen LogP contribution in [-0.4, -0.2) is 34.9 Å². The van der Waals surface area contributed by atoms with E-state index >= 15 is 0 Å². The van der Waals surface area contributed by atoms with Gasteiger partial charge >= 0.3 is 0 Å². The summed E-state index contributed by atoms with van der Waals surface area (Å²) in [5, 5.41) is 15.0. The summed E-state index contributed by atoms with van der Waals surface area (Å²) in [6, 6.07) is 5.92. The van der Waals surface area contributed by atoms with Gasteiger partial charge in [0.25, 0.3) is 0 Å². The topological polar surface area (TPSA) is 97.2 Å². The molecule has 2 N–H and O–H groups in total. The number of H-pyrrole nitrogens is 1. The Morgan fingerprint density at radius 1 is 1.12 bits per heavy atom. The van der Waals surface area contributed by atoms with Crippen LogP contribution in [0.3, 0.4) is 0 Å². The van der Waals surface area contributed by atoms with E-state index in [1.165, 1.54) is 0 Å². The molecular weight excluding hydrogens is 328 g/mol. The van der Waals surface area contributed by atoms with E-state index in [9.17, 15) is 0 Å². The minimum absolute atomic E-state index is 0.00340. The van der Waals surface area contributed by atoms with Gasteiger partial charge in [-0.25, -0.2) is 14.6 Å². The van der Waals surface area contributed by atoms with Crippen LogP contribution >= 0.6 is 0 Å². The zero-order chi connectivity index (χ0) is 18.1. The second kappa shape index (κ2) is 6.55. The third-order valence-corrected chi connectivity index (χ3v) is 4.31. The average Bonchev–Trinajstić information content (AvgIpc) is 3.29. The summed E-state index contributed by atoms with van der Waals surface area (Å²) in [6.07, 6.45) is 7.01. The first-order chi connectivity index (χ1) is 12.6. The van der Waals surface area contributed by atoms with Crippen LogP contribution in [0.25, 0.3) is 11.2 Å². The maximum absolute atomic E-state index is 4.68. The zero-order valence-electron chi connectivity index (χ0n) is 14.9. The summed E-state index contributed by atoms with van der Waals surface area (Å²) in [7, 11) is 0. The van der Waals surface area contributed by atoms with E-state index in [1.807, 2.05) is 29.1 Å². The molecule has 0 spiro atoms. The van der Waals surface area contributed by atoms with E-state index in [0.717, 1.165) is 16.8 Å². The molecule has 4 aromatic rings. The lowest BCUT2D eigenvalue weighted by Gasteiger charge is -2.13. The van der Waals surface area contributed by atoms with Crippen molar-refractivity contribution in [3.63, 3.8) is 0 Å². The molecule has 1 atom stereocenters. The van der Waals surface area contributed by atoms with Crippen molar-refractivity contribution in [1.29, 1.82) is 0 Å². The van der Waals surface area contributed by atoms with Crippen LogP contribution in [-0.2, 0) is 0 Å². The standard InChI is InChI=1S/C18H20N8/c1-11(2)14-7-16(25-24-14)22-17-10-20-15-9-21-26(18(15)23-17)12(3)13-5-4-6-19-8-13/h4-12H,1-3H3,(H2,22,23,24,25)/t12-/m1/s1. The Kier molecular flexibility index (Phi) is 4.08. The maximum atomic E-state index is 4.68. The summed E-state index contributed by atoms with van der Waals surface area (Å²) < 4.78 is 1.86. The Hall–Kier alpha value is -3.29. The number of hydrogen-bond donors (Lipinski definition) is 2. The normalized spacial score (nSPS) is 12.6. The lowest BCUT2D eigenvalue weighted by atomic mass is 10.1. The molecule has 0 saturated carbocycles. The number of anilines is 2. The Morgan fingerprint density at radius 3 is 2.73 bits per heavy atom. The summed E-state index contributed by atoms with van der Waals surface area (Å²) in [5.41, 5.74) is 3.59. The van der Waals surface area contributed by atoms with Crippen molar-refractivity contribution in [3.05, 3.63) is 54.2 Å². The van der Waals surface area contributed by atoms with Crippen molar-refractivity contribution >= 4 is 22.8 Å². The second-order valence-corrected chi connectivity index (χ2v) is 6.50. The van der Waals surface area contributed by atoms with Crippen molar-refractivity contribution in [1.82, 2.24) is 34.9 Å². The van der Waals surface area contributed by atoms with Crippen molar-refractivity contribution in [2.45, 2.75) is 32.7 Å². The molecule has 0 saturated heterocycles. The molecule has 0 radical (unpaired) electrons. The van der Waals surface area contributed by atoms with Crippen LogP contribution in [0.2, 0.25) is 0 Å². The number of pyridine rings is 1. The molecule has 0 amide bonds. The van der Waals surface area contributed by atoms with Crippen molar-refractivity contribution in [2.24, 2.45) is 0 Å². The van der Waals surface area contributed by atoms with Gasteiger partial charge in [-0.1, -0.05) is 19.9 Å². The van der Waals surface area contributed by atoms with E-state index in [2.05, 4.69) is 56.3 Å². The first-order valence-corrected chi connectivity index (χ1v) is 8.54. The van der Waals surface area contributed by atoms with Crippen molar-refractivity contribution in [2.75, 3.05) is 5.32 Å². The van der Waals surface area contributed by atoms with Crippen LogP contribution < -0.4 is 5.32 Å². The Morgan fingerprint density at radius 2 is 2.00 bits per heavy atom. The molecule has 4 heterocycles. The smallest absolute Gasteiger partial charge is 0.179 e. The van der Waals surface area contributed by atoms with E-state index in [1.54, 1.807) is 18.6 Å². The van der Waals surface area contributed by atoms with Crippen LogP contribution in [0, 0.1) is 0 Å². The zero-order valence-corrected chi connectivity index (χ0v) is 14.9. The fraction of sp³-hybridized carbons (Fsp3) is 0.278. The highest BCUT2D eigenvalue weighted by Crippen LogP contribution is 2.23. The monoisotopic (exact) mass is 348 g/mol. The summed E-state index contributed by atoms with van der Waals surface area (Å²) in [4.78, 5) is 13.3. The molecular formula is C18H20N8. The quantitative estimate of drug-likeness (QED) is 0.573. The predicted octanol–water partition coefficient (Wildman–Crippen LogP) is 3.42. The highest BCUT2D eigenvalue weighted by Gasteiger charge is 2.15. The fourth-order valence-corrected chi connectivity index (χ4v) is 2.76. The van der Waals surface area contributed by atoms with Crippen LogP contribution in [0.5, 0.6) is 0 Å². The van der Waals surface area contributed by atoms with Gasteiger partial charge < -0.3 is 5.32 Å². The molecule has 0 fully saturated rings. The Bertz CT molecular complexity index is 1020. The van der Waals surface area contributed by atoms with Crippen LogP contribution in [0.4, 0.5) is 11.6 Å². The fourth-order valence-electron chi connectivity index (χ4n) is 2.76. The van der Waals surface area contributed by atoms with Gasteiger partial charge in [0, 0.05) is 24.2 Å². The number of aromatic nitrogens is 7. The molecule has 0 aromatic carbocycles. The highest BCUT2D eigenvalue weighted by atomic mass is 15.3. The van der Waals surface area contributed by atoms with Gasteiger partial charge in [0.05, 0.1) is 18.4 Å². The molecule has 8 nitrogen and oxygen atoms in total. The molecule has 8 heteroatoms. The number of nitrogens with zero attached hydrogens (tertiary/aromatic N) is 6. The molecule has 132 valence electrons. The van der Waals surface area contributed by atoms with Gasteiger partial charge in [0.2, 0.25) is 0 Å². The number of hydrogen-bond acceptors (Lipinski definition) is 6. The summed E-state index contributed by atoms with van der Waals surface area (Å²) in [5.74, 6) is 1.72. The number of nitrogens with one attached hydrogen (secondary N) is 2. The van der Waals surface area contributed by atoms with Gasteiger partial charge in [-0.05, 0) is 24.5 Å².